The number of hydrogen-bond donors (Lipinski definition) is 2. The number of carboxylic acids is 1. The summed E-state index contributed by atoms with van der Waals surface area (Å²) in [5.74, 6) is -3.02. The summed E-state index contributed by atoms with van der Waals surface area (Å²) >= 11 is 0. The highest BCUT2D eigenvalue weighted by Crippen LogP contribution is 2.41. The van der Waals surface area contributed by atoms with Gasteiger partial charge in [-0.25, -0.2) is 4.39 Å². The Balaban J connectivity index is 1.81. The van der Waals surface area contributed by atoms with Crippen molar-refractivity contribution in [3.05, 3.63) is 23.5 Å². The maximum absolute atomic E-state index is 14.7. The Hall–Kier alpha value is -2.28. The molecule has 7 heteroatoms. The molecule has 25 heavy (non-hydrogen) atoms. The zero-order valence-electron chi connectivity index (χ0n) is 14.0. The number of nitrogens with one attached hydrogen (secondary N) is 1. The minimum absolute atomic E-state index is 0.172. The van der Waals surface area contributed by atoms with Gasteiger partial charge >= 0.3 is 5.97 Å². The maximum atomic E-state index is 14.7. The van der Waals surface area contributed by atoms with Crippen molar-refractivity contribution in [1.82, 2.24) is 5.32 Å². The van der Waals surface area contributed by atoms with Crippen molar-refractivity contribution in [2.45, 2.75) is 19.4 Å². The van der Waals surface area contributed by atoms with E-state index in [1.54, 1.807) is 6.07 Å². The monoisotopic (exact) mass is 346 g/mol. The van der Waals surface area contributed by atoms with Crippen LogP contribution in [-0.4, -0.2) is 59.9 Å². The Morgan fingerprint density at radius 1 is 1.36 bits per heavy atom. The van der Waals surface area contributed by atoms with Crippen LogP contribution in [0.1, 0.15) is 23.7 Å². The lowest BCUT2D eigenvalue weighted by Crippen LogP contribution is -2.44. The van der Waals surface area contributed by atoms with Gasteiger partial charge in [0.05, 0.1) is 11.3 Å². The minimum Gasteiger partial charge on any atom is -0.480 e. The number of ketones is 1. The van der Waals surface area contributed by atoms with Crippen LogP contribution in [0.2, 0.25) is 0 Å². The highest BCUT2D eigenvalue weighted by atomic mass is 19.1. The van der Waals surface area contributed by atoms with Gasteiger partial charge in [-0.05, 0) is 6.07 Å². The molecule has 132 valence electrons. The van der Waals surface area contributed by atoms with Crippen molar-refractivity contribution in [2.75, 3.05) is 31.1 Å². The second kappa shape index (κ2) is 5.91. The molecule has 0 radical (unpaired) electrons. The van der Waals surface area contributed by atoms with Gasteiger partial charge in [-0.2, -0.15) is 4.58 Å². The van der Waals surface area contributed by atoms with Gasteiger partial charge in [0.15, 0.2) is 24.0 Å². The van der Waals surface area contributed by atoms with Crippen LogP contribution in [0.3, 0.4) is 0 Å². The molecule has 1 aromatic rings. The summed E-state index contributed by atoms with van der Waals surface area (Å²) < 4.78 is 16.6. The lowest BCUT2D eigenvalue weighted by atomic mass is 9.93. The molecular weight excluding hydrogens is 325 g/mol. The summed E-state index contributed by atoms with van der Waals surface area (Å²) in [5.41, 5.74) is 1.28. The molecule has 1 aliphatic carbocycles. The molecule has 2 aliphatic heterocycles. The zero-order chi connectivity index (χ0) is 17.7. The number of carboxylic acid groups (broad SMARTS) is 1. The van der Waals surface area contributed by atoms with E-state index >= 15 is 0 Å². The number of fused-ring (bicyclic) bond motifs is 1. The molecule has 2 fully saturated rings. The Bertz CT molecular complexity index is 786. The zero-order valence-corrected chi connectivity index (χ0v) is 14.0. The van der Waals surface area contributed by atoms with Crippen LogP contribution >= 0.6 is 0 Å². The Labute approximate surface area is 144 Å². The van der Waals surface area contributed by atoms with E-state index in [-0.39, 0.29) is 11.6 Å². The van der Waals surface area contributed by atoms with Gasteiger partial charge in [-0.1, -0.05) is 6.92 Å². The molecule has 2 heterocycles. The third-order valence-electron chi connectivity index (χ3n) is 5.35. The summed E-state index contributed by atoms with van der Waals surface area (Å²) in [5, 5.41) is 12.6. The Morgan fingerprint density at radius 2 is 2.04 bits per heavy atom. The van der Waals surface area contributed by atoms with E-state index in [4.69, 9.17) is 0 Å². The van der Waals surface area contributed by atoms with Crippen molar-refractivity contribution in [2.24, 2.45) is 11.8 Å². The van der Waals surface area contributed by atoms with E-state index < -0.39 is 23.5 Å². The van der Waals surface area contributed by atoms with Crippen LogP contribution in [-0.2, 0) is 4.79 Å². The van der Waals surface area contributed by atoms with Crippen molar-refractivity contribution in [3.63, 3.8) is 0 Å². The number of rotatable bonds is 3. The number of hydrogen-bond acceptors (Lipinski definition) is 4. The second-order valence-corrected chi connectivity index (χ2v) is 7.07. The first-order valence-corrected chi connectivity index (χ1v) is 8.67. The van der Waals surface area contributed by atoms with Gasteiger partial charge in [0.2, 0.25) is 5.69 Å². The molecule has 3 atom stereocenters. The van der Waals surface area contributed by atoms with Crippen molar-refractivity contribution in [1.29, 1.82) is 0 Å². The van der Waals surface area contributed by atoms with Crippen LogP contribution in [0.4, 0.5) is 15.8 Å². The number of anilines is 1. The molecule has 6 nitrogen and oxygen atoms in total. The van der Waals surface area contributed by atoms with E-state index in [2.05, 4.69) is 12.2 Å². The van der Waals surface area contributed by atoms with Crippen LogP contribution in [0.25, 0.3) is 0 Å². The first kappa shape index (κ1) is 16.2. The number of halogens is 1. The molecule has 0 aromatic heterocycles. The van der Waals surface area contributed by atoms with Gasteiger partial charge in [0.1, 0.15) is 5.82 Å². The Morgan fingerprint density at radius 3 is 2.64 bits per heavy atom. The number of carbonyl (C=O) groups is 2. The summed E-state index contributed by atoms with van der Waals surface area (Å²) in [6.45, 7) is 5.05. The topological polar surface area (TPSA) is 72.7 Å². The molecule has 0 bridgehead atoms. The largest absolute Gasteiger partial charge is 0.480 e. The molecule has 0 spiro atoms. The summed E-state index contributed by atoms with van der Waals surface area (Å²) in [7, 11) is 0. The molecule has 1 saturated heterocycles. The number of piperazine rings is 1. The number of Topliss-reactive ketones (excluding diaryl/α,β-unsaturated/α-hetero) is 1. The third kappa shape index (κ3) is 2.72. The first-order valence-electron chi connectivity index (χ1n) is 8.67. The average molecular weight is 346 g/mol. The van der Waals surface area contributed by atoms with E-state index in [0.717, 1.165) is 19.5 Å². The van der Waals surface area contributed by atoms with Crippen molar-refractivity contribution < 1.29 is 23.7 Å². The summed E-state index contributed by atoms with van der Waals surface area (Å²) in [6.07, 6.45) is 2.44. The molecule has 1 aromatic carbocycles. The SMILES string of the molecule is CC1CC1[N+]1=CC(C(=O)O)C(=O)c2cc(F)c(N3CCNCC3)cc21. The molecule has 2 N–H and O–H groups in total. The van der Waals surface area contributed by atoms with Gasteiger partial charge in [-0.3, -0.25) is 9.59 Å². The fourth-order valence-corrected chi connectivity index (χ4v) is 3.74. The molecule has 4 rings (SSSR count). The second-order valence-electron chi connectivity index (χ2n) is 7.07. The van der Waals surface area contributed by atoms with Gasteiger partial charge in [-0.15, -0.1) is 0 Å². The van der Waals surface area contributed by atoms with E-state index in [0.29, 0.717) is 30.4 Å². The number of aliphatic carboxylic acids is 1. The molecule has 3 aliphatic rings. The fourth-order valence-electron chi connectivity index (χ4n) is 3.74. The maximum Gasteiger partial charge on any atom is 0.324 e. The number of nitrogens with zero attached hydrogens (tertiary/aromatic N) is 2. The quantitative estimate of drug-likeness (QED) is 0.637. The summed E-state index contributed by atoms with van der Waals surface area (Å²) in [4.78, 5) is 26.0. The van der Waals surface area contributed by atoms with Gasteiger partial charge in [0, 0.05) is 44.6 Å². The third-order valence-corrected chi connectivity index (χ3v) is 5.35. The minimum atomic E-state index is -1.25. The highest BCUT2D eigenvalue weighted by molar-refractivity contribution is 6.20. The molecule has 3 unspecified atom stereocenters. The summed E-state index contributed by atoms with van der Waals surface area (Å²) in [6, 6.07) is 3.11. The average Bonchev–Trinajstić information content (AvgIpc) is 3.32. The van der Waals surface area contributed by atoms with E-state index in [1.165, 1.54) is 12.3 Å². The van der Waals surface area contributed by atoms with Crippen LogP contribution < -0.4 is 10.2 Å². The van der Waals surface area contributed by atoms with Crippen LogP contribution in [0.5, 0.6) is 0 Å². The predicted molar refractivity (Wildman–Crippen MR) is 90.5 cm³/mol. The van der Waals surface area contributed by atoms with Gasteiger partial charge in [0.25, 0.3) is 0 Å². The standard InChI is InChI=1S/C18H20FN3O3/c1-10-6-14(10)22-9-12(18(24)25)17(23)11-7-13(19)16(8-15(11)22)21-4-2-20-3-5-21/h7-10,12,14,20H,2-6H2,1H3/p+1. The molecule has 1 saturated carbocycles. The van der Waals surface area contributed by atoms with Gasteiger partial charge < -0.3 is 15.3 Å². The van der Waals surface area contributed by atoms with E-state index in [1.807, 2.05) is 9.48 Å². The molecular formula is C18H21FN3O3+. The number of benzene rings is 1. The first-order chi connectivity index (χ1) is 12.0. The molecule has 0 amide bonds. The normalized spacial score (nSPS) is 28.4. The smallest absolute Gasteiger partial charge is 0.324 e. The number of carbonyl (C=O) groups excluding carboxylic acids is 1. The van der Waals surface area contributed by atoms with E-state index in [9.17, 15) is 19.1 Å². The van der Waals surface area contributed by atoms with Crippen LogP contribution in [0.15, 0.2) is 12.1 Å². The predicted octanol–water partition coefficient (Wildman–Crippen LogP) is 1.26. The van der Waals surface area contributed by atoms with Crippen molar-refractivity contribution in [3.8, 4) is 0 Å². The van der Waals surface area contributed by atoms with Crippen LogP contribution in [0, 0.1) is 17.7 Å². The van der Waals surface area contributed by atoms with Crippen molar-refractivity contribution >= 4 is 29.3 Å². The lowest BCUT2D eigenvalue weighted by Gasteiger charge is -2.30. The Kier molecular flexibility index (Phi) is 3.83. The lowest BCUT2D eigenvalue weighted by molar-refractivity contribution is -0.457. The highest BCUT2D eigenvalue weighted by Gasteiger charge is 2.49. The fraction of sp³-hybridized carbons (Fsp3) is 0.500.